The van der Waals surface area contributed by atoms with E-state index in [9.17, 15) is 0 Å². The average Bonchev–Trinajstić information content (AvgIpc) is 2.16. The molecule has 0 saturated heterocycles. The molecule has 0 aliphatic carbocycles. The minimum Gasteiger partial charge on any atom is -0.467 e. The monoisotopic (exact) mass is 168 g/mol. The van der Waals surface area contributed by atoms with Crippen LogP contribution >= 0.6 is 0 Å². The molecule has 12 heavy (non-hydrogen) atoms. The third-order valence-corrected chi connectivity index (χ3v) is 1.38. The van der Waals surface area contributed by atoms with Crippen LogP contribution in [0.3, 0.4) is 0 Å². The fraction of sp³-hybridized carbons (Fsp3) is 0.571. The molecule has 0 radical (unpaired) electrons. The Balaban J connectivity index is 3.01. The summed E-state index contributed by atoms with van der Waals surface area (Å²) in [5.74, 6) is 1.27. The van der Waals surface area contributed by atoms with Crippen LogP contribution in [0, 0.1) is 0 Å². The summed E-state index contributed by atoms with van der Waals surface area (Å²) in [5, 5.41) is 2.83. The molecular formula is C7H12N4O. The van der Waals surface area contributed by atoms with Crippen LogP contribution in [0.1, 0.15) is 12.7 Å². The third kappa shape index (κ3) is 1.81. The predicted molar refractivity (Wildman–Crippen MR) is 45.3 cm³/mol. The molecule has 1 aromatic heterocycles. The lowest BCUT2D eigenvalue weighted by molar-refractivity contribution is 0.376. The third-order valence-electron chi connectivity index (χ3n) is 1.38. The van der Waals surface area contributed by atoms with Crippen molar-refractivity contribution in [2.45, 2.75) is 13.3 Å². The SMILES string of the molecule is CCc1nc(NC)nc(OC)n1. The zero-order valence-electron chi connectivity index (χ0n) is 7.46. The molecule has 5 nitrogen and oxygen atoms in total. The van der Waals surface area contributed by atoms with E-state index in [4.69, 9.17) is 4.74 Å². The molecule has 0 amide bonds. The molecule has 5 heteroatoms. The second-order valence-electron chi connectivity index (χ2n) is 2.17. The van der Waals surface area contributed by atoms with Gasteiger partial charge >= 0.3 is 6.01 Å². The molecule has 1 rings (SSSR count). The highest BCUT2D eigenvalue weighted by Crippen LogP contribution is 2.06. The highest BCUT2D eigenvalue weighted by atomic mass is 16.5. The summed E-state index contributed by atoms with van der Waals surface area (Å²) in [7, 11) is 3.29. The predicted octanol–water partition coefficient (Wildman–Crippen LogP) is 0.484. The van der Waals surface area contributed by atoms with Crippen molar-refractivity contribution in [3.63, 3.8) is 0 Å². The topological polar surface area (TPSA) is 59.9 Å². The van der Waals surface area contributed by atoms with Gasteiger partial charge in [-0.2, -0.15) is 15.0 Å². The number of anilines is 1. The number of hydrogen-bond acceptors (Lipinski definition) is 5. The molecule has 0 aliphatic rings. The number of aromatic nitrogens is 3. The van der Waals surface area contributed by atoms with Crippen LogP contribution in [0.4, 0.5) is 5.95 Å². The highest BCUT2D eigenvalue weighted by Gasteiger charge is 2.02. The zero-order valence-corrected chi connectivity index (χ0v) is 7.46. The van der Waals surface area contributed by atoms with Crippen molar-refractivity contribution in [2.24, 2.45) is 0 Å². The summed E-state index contributed by atoms with van der Waals surface area (Å²) in [6, 6.07) is 0.353. The van der Waals surface area contributed by atoms with E-state index in [1.165, 1.54) is 7.11 Å². The number of ether oxygens (including phenoxy) is 1. The fourth-order valence-corrected chi connectivity index (χ4v) is 0.759. The second-order valence-corrected chi connectivity index (χ2v) is 2.17. The van der Waals surface area contributed by atoms with Crippen molar-refractivity contribution in [2.75, 3.05) is 19.5 Å². The molecule has 0 saturated carbocycles. The maximum absolute atomic E-state index is 4.90. The Morgan fingerprint density at radius 3 is 2.58 bits per heavy atom. The lowest BCUT2D eigenvalue weighted by atomic mass is 10.5. The molecule has 0 aromatic carbocycles. The van der Waals surface area contributed by atoms with E-state index in [1.807, 2.05) is 6.92 Å². The standard InChI is InChI=1S/C7H12N4O/c1-4-5-9-6(8-2)11-7(10-5)12-3/h4H2,1-3H3,(H,8,9,10,11). The molecule has 0 atom stereocenters. The Hall–Kier alpha value is -1.39. The van der Waals surface area contributed by atoms with Crippen molar-refractivity contribution in [3.05, 3.63) is 5.82 Å². The summed E-state index contributed by atoms with van der Waals surface area (Å²) in [5.41, 5.74) is 0. The van der Waals surface area contributed by atoms with Crippen molar-refractivity contribution >= 4 is 5.95 Å². The van der Waals surface area contributed by atoms with Gasteiger partial charge in [-0.25, -0.2) is 0 Å². The fourth-order valence-electron chi connectivity index (χ4n) is 0.759. The molecule has 0 unspecified atom stereocenters. The lowest BCUT2D eigenvalue weighted by Crippen LogP contribution is -2.04. The molecular weight excluding hydrogens is 156 g/mol. The number of hydrogen-bond donors (Lipinski definition) is 1. The van der Waals surface area contributed by atoms with Crippen LogP contribution in [-0.4, -0.2) is 29.1 Å². The van der Waals surface area contributed by atoms with E-state index in [2.05, 4.69) is 20.3 Å². The van der Waals surface area contributed by atoms with Crippen LogP contribution in [0.15, 0.2) is 0 Å². The van der Waals surface area contributed by atoms with Gasteiger partial charge in [0.1, 0.15) is 5.82 Å². The summed E-state index contributed by atoms with van der Waals surface area (Å²) in [4.78, 5) is 12.1. The minimum atomic E-state index is 0.353. The van der Waals surface area contributed by atoms with E-state index in [-0.39, 0.29) is 0 Å². The van der Waals surface area contributed by atoms with Gasteiger partial charge in [-0.1, -0.05) is 6.92 Å². The molecule has 1 heterocycles. The van der Waals surface area contributed by atoms with E-state index < -0.39 is 0 Å². The number of aryl methyl sites for hydroxylation is 1. The molecule has 0 fully saturated rings. The summed E-state index contributed by atoms with van der Waals surface area (Å²) in [6.45, 7) is 1.98. The molecule has 1 aromatic rings. The van der Waals surface area contributed by atoms with Gasteiger partial charge in [0.25, 0.3) is 0 Å². The summed E-state index contributed by atoms with van der Waals surface area (Å²) in [6.07, 6.45) is 0.771. The van der Waals surface area contributed by atoms with Crippen molar-refractivity contribution in [1.29, 1.82) is 0 Å². The smallest absolute Gasteiger partial charge is 0.321 e. The van der Waals surface area contributed by atoms with Crippen LogP contribution in [0.25, 0.3) is 0 Å². The van der Waals surface area contributed by atoms with E-state index in [0.717, 1.165) is 12.2 Å². The second kappa shape index (κ2) is 3.85. The number of methoxy groups -OCH3 is 1. The Labute approximate surface area is 71.2 Å². The average molecular weight is 168 g/mol. The number of nitrogens with zero attached hydrogens (tertiary/aromatic N) is 3. The first-order valence-corrected chi connectivity index (χ1v) is 3.76. The van der Waals surface area contributed by atoms with Gasteiger partial charge in [0.05, 0.1) is 7.11 Å². The van der Waals surface area contributed by atoms with E-state index >= 15 is 0 Å². The first-order chi connectivity index (χ1) is 5.80. The normalized spacial score (nSPS) is 9.58. The number of nitrogens with one attached hydrogen (secondary N) is 1. The van der Waals surface area contributed by atoms with Crippen LogP contribution in [-0.2, 0) is 6.42 Å². The Morgan fingerprint density at radius 2 is 2.08 bits per heavy atom. The maximum Gasteiger partial charge on any atom is 0.321 e. The van der Waals surface area contributed by atoms with E-state index in [0.29, 0.717) is 12.0 Å². The lowest BCUT2D eigenvalue weighted by Gasteiger charge is -2.02. The van der Waals surface area contributed by atoms with E-state index in [1.54, 1.807) is 7.05 Å². The maximum atomic E-state index is 4.90. The molecule has 0 bridgehead atoms. The van der Waals surface area contributed by atoms with Gasteiger partial charge in [-0.15, -0.1) is 0 Å². The van der Waals surface area contributed by atoms with Gasteiger partial charge in [0.15, 0.2) is 0 Å². The first-order valence-electron chi connectivity index (χ1n) is 3.76. The minimum absolute atomic E-state index is 0.353. The Kier molecular flexibility index (Phi) is 2.79. The summed E-state index contributed by atoms with van der Waals surface area (Å²) >= 11 is 0. The largest absolute Gasteiger partial charge is 0.467 e. The van der Waals surface area contributed by atoms with Crippen LogP contribution in [0.5, 0.6) is 6.01 Å². The van der Waals surface area contributed by atoms with Crippen molar-refractivity contribution in [1.82, 2.24) is 15.0 Å². The molecule has 66 valence electrons. The van der Waals surface area contributed by atoms with Gasteiger partial charge in [-0.05, 0) is 0 Å². The van der Waals surface area contributed by atoms with Gasteiger partial charge in [0.2, 0.25) is 5.95 Å². The summed E-state index contributed by atoms with van der Waals surface area (Å²) < 4.78 is 4.90. The quantitative estimate of drug-likeness (QED) is 0.711. The van der Waals surface area contributed by atoms with Gasteiger partial charge < -0.3 is 10.1 Å². The molecule has 0 aliphatic heterocycles. The highest BCUT2D eigenvalue weighted by molar-refractivity contribution is 5.24. The van der Waals surface area contributed by atoms with Gasteiger partial charge in [-0.3, -0.25) is 0 Å². The first kappa shape index (κ1) is 8.70. The van der Waals surface area contributed by atoms with Crippen LogP contribution in [0.2, 0.25) is 0 Å². The van der Waals surface area contributed by atoms with Crippen molar-refractivity contribution in [3.8, 4) is 6.01 Å². The molecule has 1 N–H and O–H groups in total. The molecule has 0 spiro atoms. The van der Waals surface area contributed by atoms with Crippen molar-refractivity contribution < 1.29 is 4.74 Å². The van der Waals surface area contributed by atoms with Gasteiger partial charge in [0, 0.05) is 13.5 Å². The Bertz CT molecular complexity index is 208. The zero-order chi connectivity index (χ0) is 8.97. The van der Waals surface area contributed by atoms with Crippen LogP contribution < -0.4 is 10.1 Å². The number of rotatable bonds is 3. The Morgan fingerprint density at radius 1 is 1.33 bits per heavy atom.